The highest BCUT2D eigenvalue weighted by molar-refractivity contribution is 7.99. The van der Waals surface area contributed by atoms with Gasteiger partial charge in [0.25, 0.3) is 5.91 Å². The van der Waals surface area contributed by atoms with Crippen LogP contribution in [0.1, 0.15) is 32.1 Å². The van der Waals surface area contributed by atoms with E-state index in [2.05, 4.69) is 16.3 Å². The van der Waals surface area contributed by atoms with Crippen LogP contribution < -0.4 is 10.2 Å². The summed E-state index contributed by atoms with van der Waals surface area (Å²) < 4.78 is 0. The summed E-state index contributed by atoms with van der Waals surface area (Å²) in [5.41, 5.74) is 0.730. The van der Waals surface area contributed by atoms with Crippen LogP contribution in [0.3, 0.4) is 0 Å². The maximum absolute atomic E-state index is 12.3. The fraction of sp³-hybridized carbons (Fsp3) is 0.588. The van der Waals surface area contributed by atoms with E-state index in [9.17, 15) is 9.90 Å². The number of nitrogens with one attached hydrogen (secondary N) is 1. The lowest BCUT2D eigenvalue weighted by atomic mass is 10.0. The molecule has 1 aromatic carbocycles. The number of carbonyl (C=O) groups excluding carboxylic acids is 1. The topological polar surface area (TPSA) is 52.6 Å². The zero-order chi connectivity index (χ0) is 15.4. The minimum absolute atomic E-state index is 0.273. The lowest BCUT2D eigenvalue weighted by molar-refractivity contribution is -0.131. The highest BCUT2D eigenvalue weighted by Gasteiger charge is 2.39. The number of aliphatic hydroxyl groups is 1. The molecule has 1 atom stereocenters. The van der Waals surface area contributed by atoms with Gasteiger partial charge in [-0.15, -0.1) is 0 Å². The van der Waals surface area contributed by atoms with Gasteiger partial charge in [0.2, 0.25) is 0 Å². The first-order valence-electron chi connectivity index (χ1n) is 8.14. The van der Waals surface area contributed by atoms with Crippen LogP contribution in [0.5, 0.6) is 0 Å². The zero-order valence-corrected chi connectivity index (χ0v) is 13.7. The molecule has 120 valence electrons. The molecule has 1 aromatic rings. The smallest absolute Gasteiger partial charge is 0.257 e. The zero-order valence-electron chi connectivity index (χ0n) is 12.9. The Hall–Kier alpha value is -1.20. The third-order valence-corrected chi connectivity index (χ3v) is 5.67. The molecule has 2 saturated heterocycles. The SMILES string of the molecule is O=C(Nc1cccc(N2CCCCCC2)c1)C1(O)CCSC1. The predicted octanol–water partition coefficient (Wildman–Crippen LogP) is 2.87. The lowest BCUT2D eigenvalue weighted by Gasteiger charge is -2.24. The van der Waals surface area contributed by atoms with Gasteiger partial charge in [-0.2, -0.15) is 11.8 Å². The molecule has 2 heterocycles. The number of benzene rings is 1. The van der Waals surface area contributed by atoms with Crippen LogP contribution in [0.2, 0.25) is 0 Å². The van der Waals surface area contributed by atoms with Gasteiger partial charge in [0.05, 0.1) is 0 Å². The van der Waals surface area contributed by atoms with E-state index in [1.807, 2.05) is 18.2 Å². The number of nitrogens with zero attached hydrogens (tertiary/aromatic N) is 1. The standard InChI is InChI=1S/C17H24N2O2S/c20-16(17(21)8-11-22-13-17)18-14-6-5-7-15(12-14)19-9-3-1-2-4-10-19/h5-7,12,21H,1-4,8-11,13H2,(H,18,20). The van der Waals surface area contributed by atoms with Gasteiger partial charge in [0, 0.05) is 30.2 Å². The highest BCUT2D eigenvalue weighted by atomic mass is 32.2. The summed E-state index contributed by atoms with van der Waals surface area (Å²) in [4.78, 5) is 14.7. The van der Waals surface area contributed by atoms with Crippen LogP contribution >= 0.6 is 11.8 Å². The summed E-state index contributed by atoms with van der Waals surface area (Å²) >= 11 is 1.63. The van der Waals surface area contributed by atoms with E-state index in [0.29, 0.717) is 12.2 Å². The molecule has 0 radical (unpaired) electrons. The quantitative estimate of drug-likeness (QED) is 0.899. The number of hydrogen-bond donors (Lipinski definition) is 2. The van der Waals surface area contributed by atoms with Crippen molar-refractivity contribution in [2.75, 3.05) is 34.8 Å². The highest BCUT2D eigenvalue weighted by Crippen LogP contribution is 2.30. The van der Waals surface area contributed by atoms with Crippen molar-refractivity contribution in [1.82, 2.24) is 0 Å². The molecule has 0 aromatic heterocycles. The van der Waals surface area contributed by atoms with Crippen LogP contribution in [0.4, 0.5) is 11.4 Å². The summed E-state index contributed by atoms with van der Waals surface area (Å²) in [5.74, 6) is 1.06. The van der Waals surface area contributed by atoms with Crippen LogP contribution in [0, 0.1) is 0 Å². The van der Waals surface area contributed by atoms with E-state index >= 15 is 0 Å². The van der Waals surface area contributed by atoms with E-state index in [0.717, 1.165) is 30.2 Å². The second-order valence-corrected chi connectivity index (χ2v) is 7.35. The molecule has 3 rings (SSSR count). The number of thioether (sulfide) groups is 1. The van der Waals surface area contributed by atoms with E-state index in [1.54, 1.807) is 11.8 Å². The molecular weight excluding hydrogens is 296 g/mol. The first-order chi connectivity index (χ1) is 10.7. The summed E-state index contributed by atoms with van der Waals surface area (Å²) in [6.45, 7) is 2.16. The monoisotopic (exact) mass is 320 g/mol. The Labute approximate surface area is 136 Å². The molecule has 2 aliphatic heterocycles. The Balaban J connectivity index is 1.69. The Morgan fingerprint density at radius 2 is 2.00 bits per heavy atom. The average molecular weight is 320 g/mol. The first kappa shape index (κ1) is 15.7. The van der Waals surface area contributed by atoms with Gasteiger partial charge in [-0.3, -0.25) is 4.79 Å². The predicted molar refractivity (Wildman–Crippen MR) is 92.6 cm³/mol. The molecule has 0 bridgehead atoms. The molecule has 4 nitrogen and oxygen atoms in total. The Kier molecular flexibility index (Phi) is 4.93. The van der Waals surface area contributed by atoms with Crippen LogP contribution in [0.25, 0.3) is 0 Å². The molecule has 0 spiro atoms. The van der Waals surface area contributed by atoms with Gasteiger partial charge in [-0.1, -0.05) is 18.9 Å². The van der Waals surface area contributed by atoms with Gasteiger partial charge < -0.3 is 15.3 Å². The van der Waals surface area contributed by atoms with Gasteiger partial charge in [-0.25, -0.2) is 0 Å². The minimum atomic E-state index is -1.21. The largest absolute Gasteiger partial charge is 0.379 e. The third kappa shape index (κ3) is 3.58. The van der Waals surface area contributed by atoms with Crippen molar-refractivity contribution >= 4 is 29.0 Å². The number of hydrogen-bond acceptors (Lipinski definition) is 4. The van der Waals surface area contributed by atoms with Crippen molar-refractivity contribution in [2.45, 2.75) is 37.7 Å². The molecule has 0 aliphatic carbocycles. The lowest BCUT2D eigenvalue weighted by Crippen LogP contribution is -2.42. The molecule has 1 unspecified atom stereocenters. The van der Waals surface area contributed by atoms with Gasteiger partial charge in [-0.05, 0) is 43.2 Å². The molecule has 1 amide bonds. The number of carbonyl (C=O) groups is 1. The van der Waals surface area contributed by atoms with Gasteiger partial charge in [0.1, 0.15) is 0 Å². The number of rotatable bonds is 3. The van der Waals surface area contributed by atoms with Crippen LogP contribution in [-0.2, 0) is 4.79 Å². The van der Waals surface area contributed by atoms with E-state index in [1.165, 1.54) is 25.7 Å². The van der Waals surface area contributed by atoms with Crippen LogP contribution in [-0.4, -0.2) is 41.2 Å². The molecule has 22 heavy (non-hydrogen) atoms. The summed E-state index contributed by atoms with van der Waals surface area (Å²) in [5, 5.41) is 13.2. The van der Waals surface area contributed by atoms with E-state index < -0.39 is 5.60 Å². The second kappa shape index (κ2) is 6.92. The minimum Gasteiger partial charge on any atom is -0.379 e. The molecule has 0 saturated carbocycles. The maximum Gasteiger partial charge on any atom is 0.257 e. The third-order valence-electron chi connectivity index (χ3n) is 4.50. The van der Waals surface area contributed by atoms with Gasteiger partial charge in [0.15, 0.2) is 5.60 Å². The molecule has 5 heteroatoms. The summed E-state index contributed by atoms with van der Waals surface area (Å²) in [7, 11) is 0. The molecular formula is C17H24N2O2S. The maximum atomic E-state index is 12.3. The first-order valence-corrected chi connectivity index (χ1v) is 9.29. The van der Waals surface area contributed by atoms with Crippen molar-refractivity contribution in [2.24, 2.45) is 0 Å². The molecule has 2 fully saturated rings. The Bertz CT molecular complexity index is 521. The summed E-state index contributed by atoms with van der Waals surface area (Å²) in [6, 6.07) is 7.99. The van der Waals surface area contributed by atoms with Crippen molar-refractivity contribution in [3.05, 3.63) is 24.3 Å². The normalized spacial score (nSPS) is 25.8. The van der Waals surface area contributed by atoms with Crippen LogP contribution in [0.15, 0.2) is 24.3 Å². The van der Waals surface area contributed by atoms with Crippen molar-refractivity contribution < 1.29 is 9.90 Å². The van der Waals surface area contributed by atoms with Crippen molar-refractivity contribution in [1.29, 1.82) is 0 Å². The van der Waals surface area contributed by atoms with E-state index in [-0.39, 0.29) is 5.91 Å². The molecule has 2 aliphatic rings. The number of anilines is 2. The average Bonchev–Trinajstić information content (AvgIpc) is 2.81. The number of amides is 1. The Morgan fingerprint density at radius 1 is 1.23 bits per heavy atom. The summed E-state index contributed by atoms with van der Waals surface area (Å²) in [6.07, 6.45) is 5.60. The fourth-order valence-electron chi connectivity index (χ4n) is 3.09. The van der Waals surface area contributed by atoms with E-state index in [4.69, 9.17) is 0 Å². The molecule has 2 N–H and O–H groups in total. The van der Waals surface area contributed by atoms with Crippen molar-refractivity contribution in [3.63, 3.8) is 0 Å². The Morgan fingerprint density at radius 3 is 2.68 bits per heavy atom. The van der Waals surface area contributed by atoms with Crippen molar-refractivity contribution in [3.8, 4) is 0 Å². The fourth-order valence-corrected chi connectivity index (χ4v) is 4.33. The second-order valence-electron chi connectivity index (χ2n) is 6.24. The van der Waals surface area contributed by atoms with Gasteiger partial charge >= 0.3 is 0 Å².